The van der Waals surface area contributed by atoms with Gasteiger partial charge < -0.3 is 5.32 Å². The average molecular weight is 362 g/mol. The second-order valence-corrected chi connectivity index (χ2v) is 5.03. The van der Waals surface area contributed by atoms with Gasteiger partial charge in [0.25, 0.3) is 5.91 Å². The van der Waals surface area contributed by atoms with Crippen LogP contribution < -0.4 is 5.32 Å². The first kappa shape index (κ1) is 15.5. The van der Waals surface area contributed by atoms with Crippen molar-refractivity contribution in [2.75, 3.05) is 0 Å². The van der Waals surface area contributed by atoms with Gasteiger partial charge in [-0.2, -0.15) is 0 Å². The van der Waals surface area contributed by atoms with E-state index < -0.39 is 29.2 Å². The van der Waals surface area contributed by atoms with Crippen LogP contribution in [0.3, 0.4) is 0 Å². The van der Waals surface area contributed by atoms with Crippen molar-refractivity contribution in [3.05, 3.63) is 69.2 Å². The predicted octanol–water partition coefficient (Wildman–Crippen LogP) is 3.94. The standard InChI is InChI=1S/C14H8BrF4NO/c15-10-2-1-9(16)3-8(10)6-20-14(21)7-4-11(17)13(19)12(18)5-7/h1-5H,6H2,(H,20,21). The summed E-state index contributed by atoms with van der Waals surface area (Å²) >= 11 is 3.18. The lowest BCUT2D eigenvalue weighted by molar-refractivity contribution is 0.0949. The molecular weight excluding hydrogens is 354 g/mol. The van der Waals surface area contributed by atoms with Crippen LogP contribution in [0.2, 0.25) is 0 Å². The van der Waals surface area contributed by atoms with Gasteiger partial charge in [0, 0.05) is 16.6 Å². The van der Waals surface area contributed by atoms with Gasteiger partial charge in [0.2, 0.25) is 0 Å². The topological polar surface area (TPSA) is 29.1 Å². The third-order valence-corrected chi connectivity index (χ3v) is 3.47. The Bertz CT molecular complexity index is 682. The summed E-state index contributed by atoms with van der Waals surface area (Å²) in [5.74, 6) is -5.83. The molecule has 2 aromatic carbocycles. The van der Waals surface area contributed by atoms with Crippen molar-refractivity contribution in [1.82, 2.24) is 5.32 Å². The van der Waals surface area contributed by atoms with Crippen LogP contribution in [0.4, 0.5) is 17.6 Å². The molecule has 1 N–H and O–H groups in total. The highest BCUT2D eigenvalue weighted by Gasteiger charge is 2.15. The molecule has 1 amide bonds. The fraction of sp³-hybridized carbons (Fsp3) is 0.0714. The van der Waals surface area contributed by atoms with Crippen molar-refractivity contribution in [2.45, 2.75) is 6.54 Å². The molecule has 0 aliphatic carbocycles. The molecule has 2 aromatic rings. The van der Waals surface area contributed by atoms with Crippen LogP contribution in [0.15, 0.2) is 34.8 Å². The Morgan fingerprint density at radius 3 is 2.29 bits per heavy atom. The van der Waals surface area contributed by atoms with Crippen LogP contribution in [0, 0.1) is 23.3 Å². The van der Waals surface area contributed by atoms with E-state index in [1.54, 1.807) is 0 Å². The summed E-state index contributed by atoms with van der Waals surface area (Å²) in [6, 6.07) is 5.09. The van der Waals surface area contributed by atoms with E-state index in [0.717, 1.165) is 0 Å². The molecule has 2 rings (SSSR count). The van der Waals surface area contributed by atoms with Gasteiger partial charge in [0.05, 0.1) is 0 Å². The summed E-state index contributed by atoms with van der Waals surface area (Å²) < 4.78 is 52.5. The second-order valence-electron chi connectivity index (χ2n) is 4.17. The van der Waals surface area contributed by atoms with Crippen molar-refractivity contribution in [1.29, 1.82) is 0 Å². The lowest BCUT2D eigenvalue weighted by Gasteiger charge is -2.08. The third-order valence-electron chi connectivity index (χ3n) is 2.69. The van der Waals surface area contributed by atoms with Crippen LogP contribution >= 0.6 is 15.9 Å². The summed E-state index contributed by atoms with van der Waals surface area (Å²) in [5, 5.41) is 2.37. The number of hydrogen-bond donors (Lipinski definition) is 1. The fourth-order valence-corrected chi connectivity index (χ4v) is 2.03. The molecule has 21 heavy (non-hydrogen) atoms. The minimum atomic E-state index is -1.64. The summed E-state index contributed by atoms with van der Waals surface area (Å²) in [7, 11) is 0. The van der Waals surface area contributed by atoms with Crippen molar-refractivity contribution >= 4 is 21.8 Å². The molecule has 7 heteroatoms. The average Bonchev–Trinajstić information content (AvgIpc) is 2.44. The van der Waals surface area contributed by atoms with Gasteiger partial charge in [-0.25, -0.2) is 17.6 Å². The maximum atomic E-state index is 13.1. The Balaban J connectivity index is 2.13. The number of carbonyl (C=O) groups excluding carboxylic acids is 1. The zero-order chi connectivity index (χ0) is 15.6. The van der Waals surface area contributed by atoms with Crippen LogP contribution in [0.5, 0.6) is 0 Å². The van der Waals surface area contributed by atoms with Crippen molar-refractivity contribution < 1.29 is 22.4 Å². The summed E-state index contributed by atoms with van der Waals surface area (Å²) in [5.41, 5.74) is 0.0883. The molecular formula is C14H8BrF4NO. The molecule has 0 aliphatic heterocycles. The zero-order valence-corrected chi connectivity index (χ0v) is 12.0. The maximum Gasteiger partial charge on any atom is 0.251 e. The molecule has 0 bridgehead atoms. The Hall–Kier alpha value is -1.89. The number of halogens is 5. The number of benzene rings is 2. The number of rotatable bonds is 3. The monoisotopic (exact) mass is 361 g/mol. The molecule has 110 valence electrons. The van der Waals surface area contributed by atoms with Crippen LogP contribution in [0.25, 0.3) is 0 Å². The van der Waals surface area contributed by atoms with Crippen LogP contribution in [-0.4, -0.2) is 5.91 Å². The number of carbonyl (C=O) groups is 1. The second kappa shape index (κ2) is 6.26. The van der Waals surface area contributed by atoms with E-state index in [-0.39, 0.29) is 12.1 Å². The molecule has 0 aliphatic rings. The van der Waals surface area contributed by atoms with Crippen molar-refractivity contribution in [3.63, 3.8) is 0 Å². The maximum absolute atomic E-state index is 13.1. The lowest BCUT2D eigenvalue weighted by Crippen LogP contribution is -2.23. The number of nitrogens with one attached hydrogen (secondary N) is 1. The van der Waals surface area contributed by atoms with Crippen molar-refractivity contribution in [2.24, 2.45) is 0 Å². The van der Waals surface area contributed by atoms with Crippen LogP contribution in [0.1, 0.15) is 15.9 Å². The molecule has 0 radical (unpaired) electrons. The van der Waals surface area contributed by atoms with E-state index in [1.165, 1.54) is 18.2 Å². The highest BCUT2D eigenvalue weighted by Crippen LogP contribution is 2.18. The van der Waals surface area contributed by atoms with Gasteiger partial charge in [-0.3, -0.25) is 4.79 Å². The van der Waals surface area contributed by atoms with Gasteiger partial charge in [-0.15, -0.1) is 0 Å². The smallest absolute Gasteiger partial charge is 0.251 e. The largest absolute Gasteiger partial charge is 0.348 e. The highest BCUT2D eigenvalue weighted by atomic mass is 79.9. The van der Waals surface area contributed by atoms with Gasteiger partial charge in [0.1, 0.15) is 5.82 Å². The Kier molecular flexibility index (Phi) is 4.62. The minimum absolute atomic E-state index is 0.0577. The molecule has 0 aromatic heterocycles. The van der Waals surface area contributed by atoms with E-state index in [9.17, 15) is 22.4 Å². The van der Waals surface area contributed by atoms with Gasteiger partial charge >= 0.3 is 0 Å². The first-order valence-corrected chi connectivity index (χ1v) is 6.54. The quantitative estimate of drug-likeness (QED) is 0.651. The molecule has 0 saturated carbocycles. The first-order chi connectivity index (χ1) is 9.88. The highest BCUT2D eigenvalue weighted by molar-refractivity contribution is 9.10. The van der Waals surface area contributed by atoms with Crippen molar-refractivity contribution in [3.8, 4) is 0 Å². The lowest BCUT2D eigenvalue weighted by atomic mass is 10.1. The molecule has 0 heterocycles. The zero-order valence-electron chi connectivity index (χ0n) is 10.4. The minimum Gasteiger partial charge on any atom is -0.348 e. The Morgan fingerprint density at radius 1 is 1.05 bits per heavy atom. The first-order valence-electron chi connectivity index (χ1n) is 5.75. The van der Waals surface area contributed by atoms with E-state index in [4.69, 9.17) is 0 Å². The molecule has 0 atom stereocenters. The molecule has 0 fully saturated rings. The summed E-state index contributed by atoms with van der Waals surface area (Å²) in [6.45, 7) is -0.0577. The molecule has 0 spiro atoms. The number of amides is 1. The number of hydrogen-bond acceptors (Lipinski definition) is 1. The van der Waals surface area contributed by atoms with E-state index >= 15 is 0 Å². The van der Waals surface area contributed by atoms with E-state index in [2.05, 4.69) is 21.2 Å². The van der Waals surface area contributed by atoms with E-state index in [0.29, 0.717) is 22.2 Å². The summed E-state index contributed by atoms with van der Waals surface area (Å²) in [6.07, 6.45) is 0. The Morgan fingerprint density at radius 2 is 1.67 bits per heavy atom. The summed E-state index contributed by atoms with van der Waals surface area (Å²) in [4.78, 5) is 11.8. The van der Waals surface area contributed by atoms with Gasteiger partial charge in [-0.1, -0.05) is 15.9 Å². The van der Waals surface area contributed by atoms with Gasteiger partial charge in [0.15, 0.2) is 17.5 Å². The fourth-order valence-electron chi connectivity index (χ4n) is 1.64. The molecule has 2 nitrogen and oxygen atoms in total. The SMILES string of the molecule is O=C(NCc1cc(F)ccc1Br)c1cc(F)c(F)c(F)c1. The molecule has 0 saturated heterocycles. The van der Waals surface area contributed by atoms with Crippen LogP contribution in [-0.2, 0) is 6.54 Å². The molecule has 0 unspecified atom stereocenters. The van der Waals surface area contributed by atoms with Gasteiger partial charge in [-0.05, 0) is 35.9 Å². The third kappa shape index (κ3) is 3.60. The van der Waals surface area contributed by atoms with E-state index in [1.807, 2.05) is 0 Å². The Labute approximate surface area is 125 Å². The normalized spacial score (nSPS) is 10.5. The predicted molar refractivity (Wildman–Crippen MR) is 71.6 cm³/mol.